The van der Waals surface area contributed by atoms with Crippen LogP contribution in [0.2, 0.25) is 0 Å². The summed E-state index contributed by atoms with van der Waals surface area (Å²) < 4.78 is 5.06. The number of rotatable bonds is 7. The molecule has 0 bridgehead atoms. The minimum atomic E-state index is -0.139. The highest BCUT2D eigenvalue weighted by Crippen LogP contribution is 2.24. The molecule has 26 heavy (non-hydrogen) atoms. The lowest BCUT2D eigenvalue weighted by molar-refractivity contribution is -0.128. The molecule has 3 rings (SSSR count). The van der Waals surface area contributed by atoms with Crippen LogP contribution < -0.4 is 10.6 Å². The van der Waals surface area contributed by atoms with Crippen molar-refractivity contribution in [2.24, 2.45) is 5.92 Å². The maximum atomic E-state index is 12.2. The van der Waals surface area contributed by atoms with E-state index in [2.05, 4.69) is 20.6 Å². The summed E-state index contributed by atoms with van der Waals surface area (Å²) >= 11 is 0. The molecule has 1 atom stereocenters. The topological polar surface area (TPSA) is 96.4 Å². The van der Waals surface area contributed by atoms with Gasteiger partial charge < -0.3 is 20.3 Å². The molecule has 2 aliphatic rings. The molecule has 1 fully saturated rings. The van der Waals surface area contributed by atoms with Gasteiger partial charge in [0.25, 0.3) is 5.91 Å². The second-order valence-electron chi connectivity index (χ2n) is 7.20. The van der Waals surface area contributed by atoms with Gasteiger partial charge in [-0.3, -0.25) is 9.59 Å². The molecule has 8 heteroatoms. The normalized spacial score (nSPS) is 19.7. The van der Waals surface area contributed by atoms with E-state index in [1.54, 1.807) is 7.11 Å². The van der Waals surface area contributed by atoms with Gasteiger partial charge in [-0.15, -0.1) is 0 Å². The van der Waals surface area contributed by atoms with Crippen molar-refractivity contribution in [3.63, 3.8) is 0 Å². The number of likely N-dealkylation sites (tertiary alicyclic amines) is 1. The standard InChI is InChI=1S/C18H27N5O3/c1-11(2)16-21-15-13(4-5-19-18(15)25)17(22-16)20-9-12-8-14(24)23(10-12)6-7-26-3/h11-12H,4-10H2,1-3H3,(H,19,25)(H,20,21,22). The van der Waals surface area contributed by atoms with Gasteiger partial charge in [0.1, 0.15) is 17.3 Å². The molecule has 2 amide bonds. The Labute approximate surface area is 153 Å². The molecular weight excluding hydrogens is 334 g/mol. The zero-order chi connectivity index (χ0) is 18.7. The molecule has 0 aliphatic carbocycles. The second-order valence-corrected chi connectivity index (χ2v) is 7.20. The number of ether oxygens (including phenoxy) is 1. The number of nitrogens with one attached hydrogen (secondary N) is 2. The SMILES string of the molecule is COCCN1CC(CNc2nc(C(C)C)nc3c2CCNC3=O)CC1=O. The highest BCUT2D eigenvalue weighted by atomic mass is 16.5. The molecule has 1 aromatic heterocycles. The molecule has 1 saturated heterocycles. The summed E-state index contributed by atoms with van der Waals surface area (Å²) in [5.41, 5.74) is 1.35. The number of aromatic nitrogens is 2. The quantitative estimate of drug-likeness (QED) is 0.745. The Bertz CT molecular complexity index is 692. The minimum absolute atomic E-state index is 0.133. The Morgan fingerprint density at radius 2 is 2.15 bits per heavy atom. The maximum Gasteiger partial charge on any atom is 0.270 e. The average Bonchev–Trinajstić information content (AvgIpc) is 2.98. The molecule has 3 heterocycles. The van der Waals surface area contributed by atoms with E-state index < -0.39 is 0 Å². The van der Waals surface area contributed by atoms with Crippen molar-refractivity contribution in [2.45, 2.75) is 32.6 Å². The van der Waals surface area contributed by atoms with Crippen LogP contribution in [0.4, 0.5) is 5.82 Å². The summed E-state index contributed by atoms with van der Waals surface area (Å²) in [7, 11) is 1.64. The molecule has 8 nitrogen and oxygen atoms in total. The molecule has 2 N–H and O–H groups in total. The average molecular weight is 361 g/mol. The number of methoxy groups -OCH3 is 1. The van der Waals surface area contributed by atoms with E-state index in [9.17, 15) is 9.59 Å². The van der Waals surface area contributed by atoms with Gasteiger partial charge in [-0.25, -0.2) is 9.97 Å². The highest BCUT2D eigenvalue weighted by molar-refractivity contribution is 5.96. The van der Waals surface area contributed by atoms with Crippen LogP contribution in [0.5, 0.6) is 0 Å². The summed E-state index contributed by atoms with van der Waals surface area (Å²) in [6.07, 6.45) is 1.24. The third-order valence-corrected chi connectivity index (χ3v) is 4.83. The number of anilines is 1. The third-order valence-electron chi connectivity index (χ3n) is 4.83. The predicted molar refractivity (Wildman–Crippen MR) is 97.2 cm³/mol. The van der Waals surface area contributed by atoms with Gasteiger partial charge in [-0.2, -0.15) is 0 Å². The zero-order valence-electron chi connectivity index (χ0n) is 15.7. The van der Waals surface area contributed by atoms with Gasteiger partial charge >= 0.3 is 0 Å². The summed E-state index contributed by atoms with van der Waals surface area (Å²) in [4.78, 5) is 35.2. The van der Waals surface area contributed by atoms with Crippen LogP contribution in [0.1, 0.15) is 48.1 Å². The fourth-order valence-electron chi connectivity index (χ4n) is 3.36. The fourth-order valence-corrected chi connectivity index (χ4v) is 3.36. The molecule has 0 aromatic carbocycles. The number of fused-ring (bicyclic) bond motifs is 1. The van der Waals surface area contributed by atoms with E-state index in [1.807, 2.05) is 18.7 Å². The van der Waals surface area contributed by atoms with Crippen LogP contribution in [-0.4, -0.2) is 66.6 Å². The van der Waals surface area contributed by atoms with Crippen molar-refractivity contribution >= 4 is 17.6 Å². The summed E-state index contributed by atoms with van der Waals surface area (Å²) in [6, 6.07) is 0. The zero-order valence-corrected chi connectivity index (χ0v) is 15.7. The van der Waals surface area contributed by atoms with E-state index in [1.165, 1.54) is 0 Å². The molecule has 0 radical (unpaired) electrons. The van der Waals surface area contributed by atoms with Gasteiger partial charge in [-0.1, -0.05) is 13.8 Å². The molecule has 142 valence electrons. The fraction of sp³-hybridized carbons (Fsp3) is 0.667. The molecule has 0 saturated carbocycles. The van der Waals surface area contributed by atoms with E-state index in [-0.39, 0.29) is 23.7 Å². The Balaban J connectivity index is 1.72. The Morgan fingerprint density at radius 3 is 2.88 bits per heavy atom. The highest BCUT2D eigenvalue weighted by Gasteiger charge is 2.30. The first kappa shape index (κ1) is 18.6. The number of carbonyl (C=O) groups excluding carboxylic acids is 2. The van der Waals surface area contributed by atoms with E-state index in [0.29, 0.717) is 50.6 Å². The van der Waals surface area contributed by atoms with E-state index >= 15 is 0 Å². The predicted octanol–water partition coefficient (Wildman–Crippen LogP) is 0.793. The van der Waals surface area contributed by atoms with Crippen LogP contribution in [-0.2, 0) is 16.0 Å². The lowest BCUT2D eigenvalue weighted by atomic mass is 10.0. The smallest absolute Gasteiger partial charge is 0.270 e. The van der Waals surface area contributed by atoms with E-state index in [4.69, 9.17) is 4.74 Å². The monoisotopic (exact) mass is 361 g/mol. The number of hydrogen-bond donors (Lipinski definition) is 2. The van der Waals surface area contributed by atoms with Crippen molar-refractivity contribution in [3.8, 4) is 0 Å². The minimum Gasteiger partial charge on any atom is -0.383 e. The van der Waals surface area contributed by atoms with Crippen molar-refractivity contribution in [1.82, 2.24) is 20.2 Å². The first-order chi connectivity index (χ1) is 12.5. The van der Waals surface area contributed by atoms with Gasteiger partial charge in [0.15, 0.2) is 0 Å². The summed E-state index contributed by atoms with van der Waals surface area (Å²) in [5, 5.41) is 6.23. The molecule has 2 aliphatic heterocycles. The van der Waals surface area contributed by atoms with Gasteiger partial charge in [0.2, 0.25) is 5.91 Å². The van der Waals surface area contributed by atoms with Crippen LogP contribution in [0.15, 0.2) is 0 Å². The summed E-state index contributed by atoms with van der Waals surface area (Å²) in [5.74, 6) is 1.78. The number of nitrogens with zero attached hydrogens (tertiary/aromatic N) is 3. The first-order valence-electron chi connectivity index (χ1n) is 9.19. The molecule has 1 unspecified atom stereocenters. The van der Waals surface area contributed by atoms with Gasteiger partial charge in [0, 0.05) is 57.1 Å². The Hall–Kier alpha value is -2.22. The van der Waals surface area contributed by atoms with Gasteiger partial charge in [0.05, 0.1) is 6.61 Å². The van der Waals surface area contributed by atoms with Crippen LogP contribution in [0.25, 0.3) is 0 Å². The van der Waals surface area contributed by atoms with Crippen molar-refractivity contribution in [3.05, 3.63) is 17.1 Å². The Kier molecular flexibility index (Phi) is 5.70. The Morgan fingerprint density at radius 1 is 1.35 bits per heavy atom. The van der Waals surface area contributed by atoms with Crippen molar-refractivity contribution in [1.29, 1.82) is 0 Å². The van der Waals surface area contributed by atoms with Crippen LogP contribution in [0.3, 0.4) is 0 Å². The third kappa shape index (κ3) is 3.95. The van der Waals surface area contributed by atoms with Crippen LogP contribution >= 0.6 is 0 Å². The molecule has 0 spiro atoms. The number of hydrogen-bond acceptors (Lipinski definition) is 6. The molecular formula is C18H27N5O3. The largest absolute Gasteiger partial charge is 0.383 e. The second kappa shape index (κ2) is 7.99. The number of carbonyl (C=O) groups is 2. The van der Waals surface area contributed by atoms with Gasteiger partial charge in [-0.05, 0) is 6.42 Å². The van der Waals surface area contributed by atoms with Crippen molar-refractivity contribution in [2.75, 3.05) is 45.2 Å². The summed E-state index contributed by atoms with van der Waals surface area (Å²) in [6.45, 7) is 7.17. The molecule has 1 aromatic rings. The van der Waals surface area contributed by atoms with Crippen LogP contribution in [0, 0.1) is 5.92 Å². The van der Waals surface area contributed by atoms with E-state index in [0.717, 1.165) is 17.9 Å². The number of amides is 2. The van der Waals surface area contributed by atoms with Crippen molar-refractivity contribution < 1.29 is 14.3 Å². The maximum absolute atomic E-state index is 12.2. The lowest BCUT2D eigenvalue weighted by Crippen LogP contribution is -2.34. The lowest BCUT2D eigenvalue weighted by Gasteiger charge is -2.22. The first-order valence-corrected chi connectivity index (χ1v) is 9.19.